The maximum absolute atomic E-state index is 12.4. The second-order valence-electron chi connectivity index (χ2n) is 4.71. The zero-order valence-corrected chi connectivity index (χ0v) is 11.2. The molecule has 1 heterocycles. The summed E-state index contributed by atoms with van der Waals surface area (Å²) in [5.74, 6) is -0.288. The van der Waals surface area contributed by atoms with Gasteiger partial charge in [0.2, 0.25) is 0 Å². The van der Waals surface area contributed by atoms with Crippen LogP contribution in [0.1, 0.15) is 38.2 Å². The topological polar surface area (TPSA) is 73.7 Å². The van der Waals surface area contributed by atoms with Crippen LogP contribution in [0.3, 0.4) is 0 Å². The molecule has 5 nitrogen and oxygen atoms in total. The van der Waals surface area contributed by atoms with Crippen LogP contribution in [0, 0.1) is 0 Å². The van der Waals surface area contributed by atoms with Gasteiger partial charge in [0.25, 0.3) is 5.91 Å². The summed E-state index contributed by atoms with van der Waals surface area (Å²) in [6.45, 7) is 7.65. The van der Waals surface area contributed by atoms with Gasteiger partial charge in [-0.2, -0.15) is 0 Å². The summed E-state index contributed by atoms with van der Waals surface area (Å²) in [5.41, 5.74) is 0.226. The highest BCUT2D eigenvalue weighted by molar-refractivity contribution is 6.60. The number of aromatic nitrogens is 1. The quantitative estimate of drug-likeness (QED) is 0.739. The summed E-state index contributed by atoms with van der Waals surface area (Å²) in [6.07, 6.45) is 1.47. The number of hydrogen-bond donors (Lipinski definition) is 2. The van der Waals surface area contributed by atoms with Gasteiger partial charge in [0.15, 0.2) is 0 Å². The van der Waals surface area contributed by atoms with Crippen molar-refractivity contribution in [2.75, 3.05) is 0 Å². The van der Waals surface area contributed by atoms with Crippen LogP contribution in [0.15, 0.2) is 18.3 Å². The van der Waals surface area contributed by atoms with Crippen molar-refractivity contribution in [2.45, 2.75) is 39.8 Å². The lowest BCUT2D eigenvalue weighted by molar-refractivity contribution is 0.0638. The van der Waals surface area contributed by atoms with Crippen molar-refractivity contribution in [2.24, 2.45) is 0 Å². The molecule has 1 amide bonds. The standard InChI is InChI=1S/C12H19BN2O3/c1-8(2)15(9(3)4)12(16)11-10(13(17)18)6-5-7-14-11/h5-9,17-18H,1-4H3. The van der Waals surface area contributed by atoms with Gasteiger partial charge in [-0.15, -0.1) is 0 Å². The molecular formula is C12H19BN2O3. The first-order valence-electron chi connectivity index (χ1n) is 6.00. The lowest BCUT2D eigenvalue weighted by Crippen LogP contribution is -2.46. The Morgan fingerprint density at radius 2 is 1.83 bits per heavy atom. The summed E-state index contributed by atoms with van der Waals surface area (Å²) in [7, 11) is -1.70. The van der Waals surface area contributed by atoms with Crippen LogP contribution in [0.4, 0.5) is 0 Å². The number of amides is 1. The second kappa shape index (κ2) is 5.97. The summed E-state index contributed by atoms with van der Waals surface area (Å²) in [4.78, 5) is 18.0. The molecule has 0 aliphatic carbocycles. The maximum Gasteiger partial charge on any atom is 0.490 e. The summed E-state index contributed by atoms with van der Waals surface area (Å²) < 4.78 is 0. The fourth-order valence-corrected chi connectivity index (χ4v) is 1.99. The maximum atomic E-state index is 12.4. The van der Waals surface area contributed by atoms with Gasteiger partial charge >= 0.3 is 7.12 Å². The SMILES string of the molecule is CC(C)N(C(=O)c1ncccc1B(O)O)C(C)C. The number of hydrogen-bond acceptors (Lipinski definition) is 4. The average molecular weight is 250 g/mol. The first-order valence-corrected chi connectivity index (χ1v) is 6.00. The Kier molecular flexibility index (Phi) is 4.87. The minimum Gasteiger partial charge on any atom is -0.423 e. The third-order valence-electron chi connectivity index (χ3n) is 2.67. The molecule has 0 aliphatic heterocycles. The van der Waals surface area contributed by atoms with E-state index >= 15 is 0 Å². The predicted molar refractivity (Wildman–Crippen MR) is 70.5 cm³/mol. The highest BCUT2D eigenvalue weighted by Gasteiger charge is 2.27. The third-order valence-corrected chi connectivity index (χ3v) is 2.67. The van der Waals surface area contributed by atoms with Crippen molar-refractivity contribution in [1.29, 1.82) is 0 Å². The van der Waals surface area contributed by atoms with Gasteiger partial charge in [-0.05, 0) is 33.8 Å². The van der Waals surface area contributed by atoms with Gasteiger partial charge < -0.3 is 14.9 Å². The zero-order chi connectivity index (χ0) is 13.9. The van der Waals surface area contributed by atoms with Gasteiger partial charge in [0, 0.05) is 23.7 Å². The predicted octanol–water partition coefficient (Wildman–Crippen LogP) is 0.0204. The normalized spacial score (nSPS) is 10.9. The van der Waals surface area contributed by atoms with E-state index in [9.17, 15) is 14.8 Å². The van der Waals surface area contributed by atoms with Gasteiger partial charge in [-0.3, -0.25) is 9.78 Å². The summed E-state index contributed by atoms with van der Waals surface area (Å²) >= 11 is 0. The van der Waals surface area contributed by atoms with Crippen LogP contribution in [0.5, 0.6) is 0 Å². The fraction of sp³-hybridized carbons (Fsp3) is 0.500. The molecule has 98 valence electrons. The molecule has 0 bridgehead atoms. The van der Waals surface area contributed by atoms with Gasteiger partial charge in [0.1, 0.15) is 5.69 Å². The molecule has 18 heavy (non-hydrogen) atoms. The molecule has 0 spiro atoms. The lowest BCUT2D eigenvalue weighted by Gasteiger charge is -2.31. The molecular weight excluding hydrogens is 231 g/mol. The van der Waals surface area contributed by atoms with Crippen molar-refractivity contribution >= 4 is 18.5 Å². The molecule has 0 aliphatic rings. The molecule has 1 aromatic rings. The number of nitrogens with zero attached hydrogens (tertiary/aromatic N) is 2. The van der Waals surface area contributed by atoms with Crippen LogP contribution in [-0.2, 0) is 0 Å². The van der Waals surface area contributed by atoms with Crippen LogP contribution < -0.4 is 5.46 Å². The average Bonchev–Trinajstić information content (AvgIpc) is 2.27. The first-order chi connectivity index (χ1) is 8.36. The van der Waals surface area contributed by atoms with Crippen LogP contribution in [0.2, 0.25) is 0 Å². The monoisotopic (exact) mass is 250 g/mol. The molecule has 6 heteroatoms. The molecule has 1 aromatic heterocycles. The number of rotatable bonds is 4. The Bertz CT molecular complexity index is 414. The largest absolute Gasteiger partial charge is 0.490 e. The Morgan fingerprint density at radius 1 is 1.28 bits per heavy atom. The number of carbonyl (C=O) groups is 1. The lowest BCUT2D eigenvalue weighted by atomic mass is 9.78. The fourth-order valence-electron chi connectivity index (χ4n) is 1.99. The number of carbonyl (C=O) groups excluding carboxylic acids is 1. The molecule has 0 saturated heterocycles. The van der Waals surface area contributed by atoms with Crippen LogP contribution in [-0.4, -0.2) is 45.0 Å². The summed E-state index contributed by atoms with van der Waals surface area (Å²) in [5, 5.41) is 18.5. The first kappa shape index (κ1) is 14.7. The van der Waals surface area contributed by atoms with Gasteiger partial charge in [-0.25, -0.2) is 0 Å². The van der Waals surface area contributed by atoms with Crippen LogP contribution >= 0.6 is 0 Å². The van der Waals surface area contributed by atoms with Crippen molar-refractivity contribution in [1.82, 2.24) is 9.88 Å². The van der Waals surface area contributed by atoms with E-state index in [1.54, 1.807) is 11.0 Å². The molecule has 0 unspecified atom stereocenters. The Labute approximate surface area is 108 Å². The Morgan fingerprint density at radius 3 is 2.28 bits per heavy atom. The molecule has 2 N–H and O–H groups in total. The smallest absolute Gasteiger partial charge is 0.423 e. The van der Waals surface area contributed by atoms with E-state index in [0.717, 1.165) is 0 Å². The molecule has 0 saturated carbocycles. The molecule has 1 rings (SSSR count). The second-order valence-corrected chi connectivity index (χ2v) is 4.71. The summed E-state index contributed by atoms with van der Waals surface area (Å²) in [6, 6.07) is 3.09. The van der Waals surface area contributed by atoms with Crippen molar-refractivity contribution < 1.29 is 14.8 Å². The van der Waals surface area contributed by atoms with E-state index in [1.165, 1.54) is 12.3 Å². The molecule has 0 radical (unpaired) electrons. The van der Waals surface area contributed by atoms with Crippen molar-refractivity contribution in [3.63, 3.8) is 0 Å². The van der Waals surface area contributed by atoms with E-state index in [1.807, 2.05) is 27.7 Å². The van der Waals surface area contributed by atoms with E-state index in [2.05, 4.69) is 4.98 Å². The van der Waals surface area contributed by atoms with E-state index in [0.29, 0.717) is 0 Å². The van der Waals surface area contributed by atoms with E-state index < -0.39 is 7.12 Å². The highest BCUT2D eigenvalue weighted by atomic mass is 16.4. The zero-order valence-electron chi connectivity index (χ0n) is 11.2. The van der Waals surface area contributed by atoms with E-state index in [4.69, 9.17) is 0 Å². The third kappa shape index (κ3) is 3.08. The molecule has 0 atom stereocenters. The minimum atomic E-state index is -1.70. The van der Waals surface area contributed by atoms with Crippen molar-refractivity contribution in [3.8, 4) is 0 Å². The Hall–Kier alpha value is -1.40. The van der Waals surface area contributed by atoms with E-state index in [-0.39, 0.29) is 29.1 Å². The highest BCUT2D eigenvalue weighted by Crippen LogP contribution is 2.09. The van der Waals surface area contributed by atoms with Gasteiger partial charge in [0.05, 0.1) is 0 Å². The van der Waals surface area contributed by atoms with Crippen molar-refractivity contribution in [3.05, 3.63) is 24.0 Å². The Balaban J connectivity index is 3.17. The minimum absolute atomic E-state index is 0.0168. The number of pyridine rings is 1. The van der Waals surface area contributed by atoms with Crippen LogP contribution in [0.25, 0.3) is 0 Å². The van der Waals surface area contributed by atoms with Gasteiger partial charge in [-0.1, -0.05) is 6.07 Å². The molecule has 0 aromatic carbocycles. The molecule has 0 fully saturated rings.